The second-order valence-electron chi connectivity index (χ2n) is 6.14. The van der Waals surface area contributed by atoms with Crippen molar-refractivity contribution >= 4 is 16.5 Å². The molecule has 5 nitrogen and oxygen atoms in total. The molecule has 2 aliphatic heterocycles. The van der Waals surface area contributed by atoms with E-state index >= 15 is 0 Å². The predicted octanol–water partition coefficient (Wildman–Crippen LogP) is 3.03. The van der Waals surface area contributed by atoms with Gasteiger partial charge in [-0.2, -0.15) is 0 Å². The highest BCUT2D eigenvalue weighted by atomic mass is 32.1. The maximum absolute atomic E-state index is 5.74. The largest absolute Gasteiger partial charge is 0.373 e. The highest BCUT2D eigenvalue weighted by Crippen LogP contribution is 2.39. The van der Waals surface area contributed by atoms with Gasteiger partial charge in [0, 0.05) is 13.0 Å². The molecule has 2 fully saturated rings. The van der Waals surface area contributed by atoms with Gasteiger partial charge in [-0.1, -0.05) is 41.7 Å². The summed E-state index contributed by atoms with van der Waals surface area (Å²) in [7, 11) is 0. The number of aromatic nitrogens is 2. The lowest BCUT2D eigenvalue weighted by Gasteiger charge is -2.19. The average molecular weight is 331 g/mol. The van der Waals surface area contributed by atoms with E-state index in [-0.39, 0.29) is 11.8 Å². The molecule has 1 aromatic carbocycles. The van der Waals surface area contributed by atoms with Crippen LogP contribution in [-0.2, 0) is 22.3 Å². The lowest BCUT2D eigenvalue weighted by Crippen LogP contribution is -2.37. The molecule has 0 spiro atoms. The molecular formula is C17H21N3O2S. The Morgan fingerprint density at radius 2 is 2.09 bits per heavy atom. The lowest BCUT2D eigenvalue weighted by molar-refractivity contribution is 0.0523. The molecule has 122 valence electrons. The van der Waals surface area contributed by atoms with Gasteiger partial charge in [-0.15, -0.1) is 10.2 Å². The Kier molecular flexibility index (Phi) is 4.29. The monoisotopic (exact) mass is 331 g/mol. The van der Waals surface area contributed by atoms with Gasteiger partial charge in [-0.25, -0.2) is 0 Å². The highest BCUT2D eigenvalue weighted by Gasteiger charge is 2.54. The number of epoxide rings is 1. The number of nitrogens with zero attached hydrogens (tertiary/aromatic N) is 2. The van der Waals surface area contributed by atoms with Crippen LogP contribution >= 0.6 is 11.3 Å². The summed E-state index contributed by atoms with van der Waals surface area (Å²) in [5, 5.41) is 13.9. The SMILES string of the molecule is c1ccc(CCCc2nnc(NC3(C4CCCO4)CO3)s2)cc1. The predicted molar refractivity (Wildman–Crippen MR) is 89.7 cm³/mol. The molecule has 23 heavy (non-hydrogen) atoms. The van der Waals surface area contributed by atoms with Crippen molar-refractivity contribution in [3.8, 4) is 0 Å². The number of nitrogens with one attached hydrogen (secondary N) is 1. The van der Waals surface area contributed by atoms with Crippen molar-refractivity contribution in [3.63, 3.8) is 0 Å². The first kappa shape index (κ1) is 15.1. The molecule has 1 N–H and O–H groups in total. The van der Waals surface area contributed by atoms with Crippen molar-refractivity contribution in [2.24, 2.45) is 0 Å². The summed E-state index contributed by atoms with van der Waals surface area (Å²) in [5.74, 6) is 0. The minimum Gasteiger partial charge on any atom is -0.373 e. The Morgan fingerprint density at radius 3 is 2.83 bits per heavy atom. The zero-order valence-electron chi connectivity index (χ0n) is 13.0. The van der Waals surface area contributed by atoms with E-state index in [1.807, 2.05) is 0 Å². The summed E-state index contributed by atoms with van der Waals surface area (Å²) in [6.45, 7) is 1.53. The number of benzene rings is 1. The maximum atomic E-state index is 5.74. The molecule has 2 atom stereocenters. The van der Waals surface area contributed by atoms with E-state index in [0.717, 1.165) is 48.9 Å². The molecule has 2 aliphatic rings. The molecule has 2 aromatic rings. The van der Waals surface area contributed by atoms with Crippen molar-refractivity contribution in [3.05, 3.63) is 40.9 Å². The second-order valence-corrected chi connectivity index (χ2v) is 7.21. The number of anilines is 1. The van der Waals surface area contributed by atoms with Crippen LogP contribution in [0.4, 0.5) is 5.13 Å². The molecule has 2 unspecified atom stereocenters. The van der Waals surface area contributed by atoms with Crippen LogP contribution in [0, 0.1) is 0 Å². The van der Waals surface area contributed by atoms with Crippen LogP contribution in [0.3, 0.4) is 0 Å². The standard InChI is InChI=1S/C17H21N3O2S/c1-2-6-13(7-3-1)8-4-10-15-19-20-16(23-15)18-17(12-22-17)14-9-5-11-21-14/h1-3,6-7,14H,4-5,8-12H2,(H,18,20). The quantitative estimate of drug-likeness (QED) is 0.790. The number of hydrogen-bond donors (Lipinski definition) is 1. The minimum absolute atomic E-state index is 0.146. The summed E-state index contributed by atoms with van der Waals surface area (Å²) in [5.41, 5.74) is 1.02. The molecular weight excluding hydrogens is 310 g/mol. The molecule has 2 saturated heterocycles. The Balaban J connectivity index is 1.29. The summed E-state index contributed by atoms with van der Waals surface area (Å²) >= 11 is 1.62. The van der Waals surface area contributed by atoms with Crippen LogP contribution in [0.1, 0.15) is 29.8 Å². The van der Waals surface area contributed by atoms with Crippen LogP contribution in [-0.4, -0.2) is 35.2 Å². The molecule has 0 aliphatic carbocycles. The van der Waals surface area contributed by atoms with Gasteiger partial charge in [0.05, 0.1) is 0 Å². The van der Waals surface area contributed by atoms with Crippen molar-refractivity contribution in [1.82, 2.24) is 10.2 Å². The molecule has 0 saturated carbocycles. The van der Waals surface area contributed by atoms with E-state index in [1.54, 1.807) is 11.3 Å². The van der Waals surface area contributed by atoms with Gasteiger partial charge in [-0.3, -0.25) is 0 Å². The van der Waals surface area contributed by atoms with E-state index in [1.165, 1.54) is 5.56 Å². The first-order valence-electron chi connectivity index (χ1n) is 8.24. The van der Waals surface area contributed by atoms with E-state index in [2.05, 4.69) is 45.8 Å². The van der Waals surface area contributed by atoms with Crippen LogP contribution in [0.15, 0.2) is 30.3 Å². The molecule has 6 heteroatoms. The van der Waals surface area contributed by atoms with Gasteiger partial charge in [0.2, 0.25) is 5.13 Å². The number of rotatable bonds is 7. The summed E-state index contributed by atoms with van der Waals surface area (Å²) < 4.78 is 11.4. The Bertz CT molecular complexity index is 636. The van der Waals surface area contributed by atoms with Gasteiger partial charge < -0.3 is 14.8 Å². The van der Waals surface area contributed by atoms with Crippen molar-refractivity contribution < 1.29 is 9.47 Å². The second kappa shape index (κ2) is 6.55. The van der Waals surface area contributed by atoms with Gasteiger partial charge >= 0.3 is 0 Å². The molecule has 0 radical (unpaired) electrons. The first-order valence-corrected chi connectivity index (χ1v) is 9.06. The van der Waals surface area contributed by atoms with Gasteiger partial charge in [-0.05, 0) is 31.2 Å². The summed E-state index contributed by atoms with van der Waals surface area (Å²) in [6.07, 6.45) is 5.43. The normalized spacial score (nSPS) is 26.3. The van der Waals surface area contributed by atoms with E-state index < -0.39 is 0 Å². The topological polar surface area (TPSA) is 59.6 Å². The minimum atomic E-state index is -0.350. The molecule has 0 bridgehead atoms. The van der Waals surface area contributed by atoms with Gasteiger partial charge in [0.15, 0.2) is 5.72 Å². The number of hydrogen-bond acceptors (Lipinski definition) is 6. The van der Waals surface area contributed by atoms with Crippen LogP contribution < -0.4 is 5.32 Å². The fourth-order valence-electron chi connectivity index (χ4n) is 3.04. The first-order chi connectivity index (χ1) is 11.3. The van der Waals surface area contributed by atoms with Crippen molar-refractivity contribution in [2.75, 3.05) is 18.5 Å². The average Bonchev–Trinajstić information content (AvgIpc) is 3.00. The van der Waals surface area contributed by atoms with Crippen LogP contribution in [0.5, 0.6) is 0 Å². The third kappa shape index (κ3) is 3.54. The fraction of sp³-hybridized carbons (Fsp3) is 0.529. The number of ether oxygens (including phenoxy) is 2. The molecule has 1 aromatic heterocycles. The lowest BCUT2D eigenvalue weighted by atomic mass is 10.1. The van der Waals surface area contributed by atoms with Gasteiger partial charge in [0.25, 0.3) is 0 Å². The van der Waals surface area contributed by atoms with Gasteiger partial charge in [0.1, 0.15) is 17.7 Å². The van der Waals surface area contributed by atoms with Crippen LogP contribution in [0.25, 0.3) is 0 Å². The Hall–Kier alpha value is -1.50. The van der Waals surface area contributed by atoms with E-state index in [0.29, 0.717) is 6.61 Å². The smallest absolute Gasteiger partial charge is 0.208 e. The summed E-state index contributed by atoms with van der Waals surface area (Å²) in [6, 6.07) is 10.6. The summed E-state index contributed by atoms with van der Waals surface area (Å²) in [4.78, 5) is 0. The van der Waals surface area contributed by atoms with Crippen molar-refractivity contribution in [2.45, 2.75) is 43.9 Å². The Morgan fingerprint density at radius 1 is 1.22 bits per heavy atom. The van der Waals surface area contributed by atoms with E-state index in [4.69, 9.17) is 9.47 Å². The molecule has 3 heterocycles. The Labute approximate surface area is 140 Å². The third-order valence-corrected chi connectivity index (χ3v) is 5.29. The van der Waals surface area contributed by atoms with Crippen molar-refractivity contribution in [1.29, 1.82) is 0 Å². The molecule has 0 amide bonds. The van der Waals surface area contributed by atoms with E-state index in [9.17, 15) is 0 Å². The highest BCUT2D eigenvalue weighted by molar-refractivity contribution is 7.15. The van der Waals surface area contributed by atoms with Crippen LogP contribution in [0.2, 0.25) is 0 Å². The maximum Gasteiger partial charge on any atom is 0.208 e. The molecule has 4 rings (SSSR count). The zero-order chi connectivity index (χ0) is 15.5. The number of aryl methyl sites for hydroxylation is 2. The fourth-order valence-corrected chi connectivity index (χ4v) is 3.89. The zero-order valence-corrected chi connectivity index (χ0v) is 13.8. The third-order valence-electron chi connectivity index (χ3n) is 4.39.